The maximum Gasteiger partial charge on any atom is 0.231 e. The molecule has 130 valence electrons. The van der Waals surface area contributed by atoms with E-state index in [2.05, 4.69) is 0 Å². The highest BCUT2D eigenvalue weighted by atomic mass is 35.5. The molecule has 0 N–H and O–H groups in total. The summed E-state index contributed by atoms with van der Waals surface area (Å²) in [7, 11) is -3.32. The van der Waals surface area contributed by atoms with Crippen LogP contribution in [-0.2, 0) is 21.1 Å². The number of nitrogens with zero attached hydrogens (tertiary/aromatic N) is 1. The molecule has 0 spiro atoms. The van der Waals surface area contributed by atoms with Crippen LogP contribution in [0, 0.1) is 5.82 Å². The molecule has 0 fully saturated rings. The lowest BCUT2D eigenvalue weighted by atomic mass is 10.1. The smallest absolute Gasteiger partial charge is 0.231 e. The summed E-state index contributed by atoms with van der Waals surface area (Å²) >= 11 is 5.90. The lowest BCUT2D eigenvalue weighted by Gasteiger charge is -2.28. The molecular formula is C18H15ClFNO3S. The van der Waals surface area contributed by atoms with Crippen molar-refractivity contribution in [3.05, 3.63) is 76.4 Å². The number of carbonyl (C=O) groups excluding carboxylic acids is 1. The van der Waals surface area contributed by atoms with Crippen LogP contribution < -0.4 is 4.90 Å². The molecule has 0 bridgehead atoms. The van der Waals surface area contributed by atoms with Gasteiger partial charge in [0.15, 0.2) is 9.84 Å². The first-order chi connectivity index (χ1) is 11.8. The Balaban J connectivity index is 1.90. The summed E-state index contributed by atoms with van der Waals surface area (Å²) in [6.45, 7) is 0. The fraction of sp³-hybridized carbons (Fsp3) is 0.167. The number of sulfone groups is 1. The molecule has 0 saturated heterocycles. The van der Waals surface area contributed by atoms with Crippen molar-refractivity contribution >= 4 is 33.0 Å². The standard InChI is InChI=1S/C18H15ClFNO3S/c19-14-3-7-16(8-4-14)21(17-9-10-25(23,24)12-17)18(22)11-13-1-5-15(20)6-2-13/h1-10,17H,11-12H2/t17-/m0/s1. The lowest BCUT2D eigenvalue weighted by molar-refractivity contribution is -0.118. The fourth-order valence-electron chi connectivity index (χ4n) is 2.70. The molecule has 25 heavy (non-hydrogen) atoms. The van der Waals surface area contributed by atoms with E-state index in [0.717, 1.165) is 5.41 Å². The van der Waals surface area contributed by atoms with Crippen molar-refractivity contribution in [2.24, 2.45) is 0 Å². The molecule has 1 aliphatic rings. The molecular weight excluding hydrogens is 365 g/mol. The summed E-state index contributed by atoms with van der Waals surface area (Å²) in [4.78, 5) is 14.3. The van der Waals surface area contributed by atoms with Crippen molar-refractivity contribution < 1.29 is 17.6 Å². The van der Waals surface area contributed by atoms with Gasteiger partial charge in [-0.05, 0) is 48.0 Å². The SMILES string of the molecule is O=C(Cc1ccc(F)cc1)N(c1ccc(Cl)cc1)[C@H]1C=CS(=O)(=O)C1. The van der Waals surface area contributed by atoms with E-state index < -0.39 is 15.9 Å². The predicted molar refractivity (Wildman–Crippen MR) is 95.8 cm³/mol. The van der Waals surface area contributed by atoms with Gasteiger partial charge in [0.1, 0.15) is 5.82 Å². The van der Waals surface area contributed by atoms with Gasteiger partial charge in [-0.3, -0.25) is 4.79 Å². The van der Waals surface area contributed by atoms with Gasteiger partial charge in [-0.25, -0.2) is 12.8 Å². The van der Waals surface area contributed by atoms with Crippen molar-refractivity contribution in [1.82, 2.24) is 0 Å². The third-order valence-corrected chi connectivity index (χ3v) is 5.51. The summed E-state index contributed by atoms with van der Waals surface area (Å²) < 4.78 is 36.6. The number of halogens is 2. The van der Waals surface area contributed by atoms with Crippen LogP contribution in [0.4, 0.5) is 10.1 Å². The zero-order valence-electron chi connectivity index (χ0n) is 13.1. The molecule has 2 aromatic carbocycles. The van der Waals surface area contributed by atoms with Crippen LogP contribution in [0.15, 0.2) is 60.0 Å². The minimum atomic E-state index is -3.32. The largest absolute Gasteiger partial charge is 0.304 e. The summed E-state index contributed by atoms with van der Waals surface area (Å²) in [6.07, 6.45) is 1.54. The van der Waals surface area contributed by atoms with E-state index in [1.54, 1.807) is 24.3 Å². The molecule has 0 aliphatic carbocycles. The first-order valence-corrected chi connectivity index (χ1v) is 9.66. The highest BCUT2D eigenvalue weighted by Crippen LogP contribution is 2.25. The zero-order chi connectivity index (χ0) is 18.0. The van der Waals surface area contributed by atoms with E-state index in [4.69, 9.17) is 11.6 Å². The summed E-state index contributed by atoms with van der Waals surface area (Å²) in [5.74, 6) is -0.818. The molecule has 0 unspecified atom stereocenters. The Kier molecular flexibility index (Phi) is 4.92. The third kappa shape index (κ3) is 4.27. The van der Waals surface area contributed by atoms with E-state index in [1.807, 2.05) is 0 Å². The van der Waals surface area contributed by atoms with E-state index in [1.165, 1.54) is 35.2 Å². The molecule has 0 saturated carbocycles. The number of anilines is 1. The van der Waals surface area contributed by atoms with Crippen LogP contribution in [0.3, 0.4) is 0 Å². The van der Waals surface area contributed by atoms with Gasteiger partial charge in [0, 0.05) is 16.1 Å². The van der Waals surface area contributed by atoms with E-state index >= 15 is 0 Å². The first-order valence-electron chi connectivity index (χ1n) is 7.57. The Labute approximate surface area is 150 Å². The Bertz CT molecular complexity index is 908. The number of hydrogen-bond acceptors (Lipinski definition) is 3. The summed E-state index contributed by atoms with van der Waals surface area (Å²) in [6, 6.07) is 11.7. The van der Waals surface area contributed by atoms with Crippen molar-refractivity contribution in [2.75, 3.05) is 10.7 Å². The molecule has 1 heterocycles. The minimum absolute atomic E-state index is 0.0350. The normalized spacial score (nSPS) is 18.2. The van der Waals surface area contributed by atoms with Gasteiger partial charge in [0.05, 0.1) is 18.2 Å². The van der Waals surface area contributed by atoms with Crippen LogP contribution in [-0.4, -0.2) is 26.1 Å². The van der Waals surface area contributed by atoms with E-state index in [-0.39, 0.29) is 23.9 Å². The minimum Gasteiger partial charge on any atom is -0.304 e. The summed E-state index contributed by atoms with van der Waals surface area (Å²) in [5.41, 5.74) is 1.21. The average molecular weight is 380 g/mol. The molecule has 1 amide bonds. The van der Waals surface area contributed by atoms with Gasteiger partial charge in [-0.1, -0.05) is 23.7 Å². The van der Waals surface area contributed by atoms with Gasteiger partial charge >= 0.3 is 0 Å². The Morgan fingerprint density at radius 3 is 2.32 bits per heavy atom. The molecule has 0 radical (unpaired) electrons. The second-order valence-corrected chi connectivity index (χ2v) is 8.14. The van der Waals surface area contributed by atoms with Crippen molar-refractivity contribution in [1.29, 1.82) is 0 Å². The Morgan fingerprint density at radius 1 is 1.12 bits per heavy atom. The fourth-order valence-corrected chi connectivity index (χ4v) is 4.10. The highest BCUT2D eigenvalue weighted by Gasteiger charge is 2.31. The number of benzene rings is 2. The zero-order valence-corrected chi connectivity index (χ0v) is 14.7. The van der Waals surface area contributed by atoms with Crippen molar-refractivity contribution in [3.8, 4) is 0 Å². The van der Waals surface area contributed by atoms with Crippen molar-refractivity contribution in [3.63, 3.8) is 0 Å². The van der Waals surface area contributed by atoms with Crippen LogP contribution in [0.1, 0.15) is 5.56 Å². The Hall–Kier alpha value is -2.18. The monoisotopic (exact) mass is 379 g/mol. The van der Waals surface area contributed by atoms with Gasteiger partial charge in [-0.15, -0.1) is 0 Å². The molecule has 2 aromatic rings. The topological polar surface area (TPSA) is 54.5 Å². The first kappa shape index (κ1) is 17.6. The third-order valence-electron chi connectivity index (χ3n) is 3.88. The predicted octanol–water partition coefficient (Wildman–Crippen LogP) is 3.37. The Morgan fingerprint density at radius 2 is 1.76 bits per heavy atom. The quantitative estimate of drug-likeness (QED) is 0.818. The van der Waals surface area contributed by atoms with Gasteiger partial charge in [0.2, 0.25) is 5.91 Å². The summed E-state index contributed by atoms with van der Waals surface area (Å²) in [5, 5.41) is 1.65. The van der Waals surface area contributed by atoms with Gasteiger partial charge < -0.3 is 4.90 Å². The average Bonchev–Trinajstić information content (AvgIpc) is 2.91. The van der Waals surface area contributed by atoms with Crippen LogP contribution in [0.2, 0.25) is 5.02 Å². The maximum absolute atomic E-state index is 13.0. The van der Waals surface area contributed by atoms with Crippen LogP contribution in [0.5, 0.6) is 0 Å². The second-order valence-electron chi connectivity index (χ2n) is 5.77. The van der Waals surface area contributed by atoms with E-state index in [9.17, 15) is 17.6 Å². The lowest BCUT2D eigenvalue weighted by Crippen LogP contribution is -2.42. The number of rotatable bonds is 4. The van der Waals surface area contributed by atoms with Crippen LogP contribution in [0.25, 0.3) is 0 Å². The molecule has 4 nitrogen and oxygen atoms in total. The number of amides is 1. The molecule has 1 aliphatic heterocycles. The number of hydrogen-bond donors (Lipinski definition) is 0. The molecule has 0 aromatic heterocycles. The second kappa shape index (κ2) is 6.98. The number of carbonyl (C=O) groups is 1. The van der Waals surface area contributed by atoms with Crippen LogP contribution >= 0.6 is 11.6 Å². The molecule has 1 atom stereocenters. The maximum atomic E-state index is 13.0. The molecule has 7 heteroatoms. The van der Waals surface area contributed by atoms with Gasteiger partial charge in [0.25, 0.3) is 0 Å². The van der Waals surface area contributed by atoms with Gasteiger partial charge in [-0.2, -0.15) is 0 Å². The van der Waals surface area contributed by atoms with Crippen molar-refractivity contribution in [2.45, 2.75) is 12.5 Å². The van der Waals surface area contributed by atoms with E-state index in [0.29, 0.717) is 16.3 Å². The highest BCUT2D eigenvalue weighted by molar-refractivity contribution is 7.94. The molecule has 3 rings (SSSR count).